The summed E-state index contributed by atoms with van der Waals surface area (Å²) in [6, 6.07) is 1.06. The minimum atomic E-state index is 0.258. The van der Waals surface area contributed by atoms with Crippen molar-refractivity contribution in [2.24, 2.45) is 11.8 Å². The number of hydrogen-bond donors (Lipinski definition) is 2. The fourth-order valence-corrected chi connectivity index (χ4v) is 3.54. The van der Waals surface area contributed by atoms with E-state index in [9.17, 15) is 4.79 Å². The fourth-order valence-electron chi connectivity index (χ4n) is 3.54. The lowest BCUT2D eigenvalue weighted by atomic mass is 9.84. The van der Waals surface area contributed by atoms with Crippen LogP contribution in [0.1, 0.15) is 57.8 Å². The van der Waals surface area contributed by atoms with Crippen LogP contribution in [0.4, 0.5) is 0 Å². The molecular formula is C17H28N2O. The molecule has 20 heavy (non-hydrogen) atoms. The molecule has 0 aromatic rings. The van der Waals surface area contributed by atoms with E-state index in [4.69, 9.17) is 0 Å². The second-order valence-corrected chi connectivity index (χ2v) is 6.90. The van der Waals surface area contributed by atoms with Crippen molar-refractivity contribution in [2.45, 2.75) is 69.9 Å². The molecule has 0 aliphatic heterocycles. The van der Waals surface area contributed by atoms with Gasteiger partial charge in [-0.3, -0.25) is 4.79 Å². The average Bonchev–Trinajstić information content (AvgIpc) is 3.30. The van der Waals surface area contributed by atoms with Gasteiger partial charge in [-0.1, -0.05) is 18.6 Å². The zero-order chi connectivity index (χ0) is 13.8. The van der Waals surface area contributed by atoms with Crippen molar-refractivity contribution in [1.29, 1.82) is 0 Å². The fraction of sp³-hybridized carbons (Fsp3) is 0.824. The highest BCUT2D eigenvalue weighted by molar-refractivity contribution is 5.79. The summed E-state index contributed by atoms with van der Waals surface area (Å²) >= 11 is 0. The molecule has 1 amide bonds. The lowest BCUT2D eigenvalue weighted by Gasteiger charge is -2.30. The molecule has 2 N–H and O–H groups in total. The van der Waals surface area contributed by atoms with Gasteiger partial charge in [0.2, 0.25) is 5.91 Å². The average molecular weight is 276 g/mol. The molecular weight excluding hydrogens is 248 g/mol. The molecule has 0 aromatic heterocycles. The number of nitrogens with one attached hydrogen (secondary N) is 2. The van der Waals surface area contributed by atoms with Crippen LogP contribution in [0.2, 0.25) is 0 Å². The van der Waals surface area contributed by atoms with Crippen molar-refractivity contribution >= 4 is 5.91 Å². The Morgan fingerprint density at radius 2 is 1.95 bits per heavy atom. The van der Waals surface area contributed by atoms with E-state index < -0.39 is 0 Å². The molecule has 3 heteroatoms. The first-order chi connectivity index (χ1) is 9.81. The van der Waals surface area contributed by atoms with Crippen LogP contribution >= 0.6 is 0 Å². The minimum Gasteiger partial charge on any atom is -0.353 e. The topological polar surface area (TPSA) is 41.1 Å². The molecule has 3 aliphatic carbocycles. The largest absolute Gasteiger partial charge is 0.353 e. The van der Waals surface area contributed by atoms with E-state index in [0.717, 1.165) is 25.3 Å². The van der Waals surface area contributed by atoms with Crippen LogP contribution in [0, 0.1) is 11.8 Å². The Bertz CT molecular complexity index is 362. The number of carbonyl (C=O) groups excluding carboxylic acids is 1. The second-order valence-electron chi connectivity index (χ2n) is 6.90. The van der Waals surface area contributed by atoms with Crippen LogP contribution in [0.25, 0.3) is 0 Å². The van der Waals surface area contributed by atoms with Crippen LogP contribution in [-0.2, 0) is 4.79 Å². The highest BCUT2D eigenvalue weighted by Gasteiger charge is 2.31. The molecule has 3 nitrogen and oxygen atoms in total. The van der Waals surface area contributed by atoms with Gasteiger partial charge in [0, 0.05) is 18.0 Å². The van der Waals surface area contributed by atoms with Gasteiger partial charge in [-0.2, -0.15) is 0 Å². The van der Waals surface area contributed by atoms with E-state index in [0.29, 0.717) is 18.0 Å². The predicted molar refractivity (Wildman–Crippen MR) is 81.4 cm³/mol. The van der Waals surface area contributed by atoms with Gasteiger partial charge in [-0.15, -0.1) is 0 Å². The lowest BCUT2D eigenvalue weighted by molar-refractivity contribution is -0.126. The maximum absolute atomic E-state index is 12.2. The summed E-state index contributed by atoms with van der Waals surface area (Å²) in [4.78, 5) is 12.2. The first-order valence-electron chi connectivity index (χ1n) is 8.50. The van der Waals surface area contributed by atoms with Crippen molar-refractivity contribution in [3.63, 3.8) is 0 Å². The summed E-state index contributed by atoms with van der Waals surface area (Å²) in [5, 5.41) is 6.90. The maximum Gasteiger partial charge on any atom is 0.223 e. The molecule has 2 fully saturated rings. The van der Waals surface area contributed by atoms with Crippen molar-refractivity contribution in [1.82, 2.24) is 10.6 Å². The Morgan fingerprint density at radius 1 is 1.05 bits per heavy atom. The highest BCUT2D eigenvalue weighted by Crippen LogP contribution is 2.27. The predicted octanol–water partition coefficient (Wildman–Crippen LogP) is 2.77. The molecule has 0 aromatic carbocycles. The Labute approximate surface area is 122 Å². The number of amides is 1. The Morgan fingerprint density at radius 3 is 2.70 bits per heavy atom. The van der Waals surface area contributed by atoms with E-state index in [1.807, 2.05) is 0 Å². The van der Waals surface area contributed by atoms with Gasteiger partial charge in [0.05, 0.1) is 0 Å². The number of allylic oxidation sites excluding steroid dienone is 2. The van der Waals surface area contributed by atoms with Gasteiger partial charge < -0.3 is 10.6 Å². The molecule has 0 heterocycles. The van der Waals surface area contributed by atoms with Gasteiger partial charge in [0.25, 0.3) is 0 Å². The Hall–Kier alpha value is -0.830. The molecule has 3 rings (SSSR count). The van der Waals surface area contributed by atoms with Gasteiger partial charge in [0.1, 0.15) is 0 Å². The summed E-state index contributed by atoms with van der Waals surface area (Å²) in [6.45, 7) is 1.13. The molecule has 0 spiro atoms. The summed E-state index contributed by atoms with van der Waals surface area (Å²) in [6.07, 6.45) is 15.4. The monoisotopic (exact) mass is 276 g/mol. The standard InChI is InChI=1S/C17H28N2O/c20-17(19-15-9-10-15)14-7-4-8-16(11-14)18-12-13-5-2-1-3-6-13/h1-2,13-16,18H,3-12H2,(H,19,20)/t13-,14-,16+/m1/s1. The normalized spacial score (nSPS) is 33.9. The molecule has 0 saturated heterocycles. The third-order valence-electron chi connectivity index (χ3n) is 5.04. The molecule has 3 aliphatic rings. The molecule has 0 bridgehead atoms. The molecule has 112 valence electrons. The molecule has 0 unspecified atom stereocenters. The van der Waals surface area contributed by atoms with Crippen molar-refractivity contribution in [3.8, 4) is 0 Å². The molecule has 2 saturated carbocycles. The lowest BCUT2D eigenvalue weighted by Crippen LogP contribution is -2.42. The van der Waals surface area contributed by atoms with E-state index in [1.54, 1.807) is 0 Å². The summed E-state index contributed by atoms with van der Waals surface area (Å²) in [5.74, 6) is 1.38. The van der Waals surface area contributed by atoms with Gasteiger partial charge in [-0.05, 0) is 63.8 Å². The molecule has 0 radical (unpaired) electrons. The third kappa shape index (κ3) is 4.08. The number of hydrogen-bond acceptors (Lipinski definition) is 2. The SMILES string of the molecule is O=C(NC1CC1)[C@@H]1CCC[C@H](NC[C@@H]2CC=CCC2)C1. The van der Waals surface area contributed by atoms with E-state index in [2.05, 4.69) is 22.8 Å². The van der Waals surface area contributed by atoms with Crippen molar-refractivity contribution in [3.05, 3.63) is 12.2 Å². The van der Waals surface area contributed by atoms with Crippen LogP contribution < -0.4 is 10.6 Å². The smallest absolute Gasteiger partial charge is 0.223 e. The first-order valence-corrected chi connectivity index (χ1v) is 8.50. The van der Waals surface area contributed by atoms with Crippen LogP contribution in [0.15, 0.2) is 12.2 Å². The van der Waals surface area contributed by atoms with Crippen molar-refractivity contribution in [2.75, 3.05) is 6.54 Å². The third-order valence-corrected chi connectivity index (χ3v) is 5.04. The Balaban J connectivity index is 1.40. The van der Waals surface area contributed by atoms with Crippen molar-refractivity contribution < 1.29 is 4.79 Å². The Kier molecular flexibility index (Phi) is 4.77. The first kappa shape index (κ1) is 14.1. The zero-order valence-corrected chi connectivity index (χ0v) is 12.4. The van der Waals surface area contributed by atoms with E-state index >= 15 is 0 Å². The minimum absolute atomic E-state index is 0.258. The van der Waals surface area contributed by atoms with Crippen LogP contribution in [0.3, 0.4) is 0 Å². The second kappa shape index (κ2) is 6.75. The number of rotatable bonds is 5. The van der Waals surface area contributed by atoms with Gasteiger partial charge >= 0.3 is 0 Å². The summed E-state index contributed by atoms with van der Waals surface area (Å²) in [7, 11) is 0. The van der Waals surface area contributed by atoms with Crippen LogP contribution in [-0.4, -0.2) is 24.5 Å². The number of carbonyl (C=O) groups is 1. The summed E-state index contributed by atoms with van der Waals surface area (Å²) in [5.41, 5.74) is 0. The summed E-state index contributed by atoms with van der Waals surface area (Å²) < 4.78 is 0. The van der Waals surface area contributed by atoms with E-state index in [-0.39, 0.29) is 5.92 Å². The van der Waals surface area contributed by atoms with Crippen LogP contribution in [0.5, 0.6) is 0 Å². The quantitative estimate of drug-likeness (QED) is 0.758. The zero-order valence-electron chi connectivity index (χ0n) is 12.4. The maximum atomic E-state index is 12.2. The van der Waals surface area contributed by atoms with E-state index in [1.165, 1.54) is 44.9 Å². The van der Waals surface area contributed by atoms with Gasteiger partial charge in [0.15, 0.2) is 0 Å². The highest BCUT2D eigenvalue weighted by atomic mass is 16.2. The molecule has 3 atom stereocenters. The van der Waals surface area contributed by atoms with Gasteiger partial charge in [-0.25, -0.2) is 0 Å².